The molecule has 0 saturated heterocycles. The molecule has 1 aromatic rings. The molecule has 1 aliphatic carbocycles. The Morgan fingerprint density at radius 2 is 2.20 bits per heavy atom. The van der Waals surface area contributed by atoms with Gasteiger partial charge in [0.05, 0.1) is 6.10 Å². The summed E-state index contributed by atoms with van der Waals surface area (Å²) in [7, 11) is 0. The first-order valence-electron chi connectivity index (χ1n) is 7.78. The number of aliphatic hydroxyl groups excluding tert-OH is 1. The molecule has 3 atom stereocenters. The molecule has 1 heterocycles. The minimum absolute atomic E-state index is 0.163. The first-order valence-corrected chi connectivity index (χ1v) is 8.16. The molecule has 3 rings (SSSR count). The van der Waals surface area contributed by atoms with Crippen LogP contribution in [0.25, 0.3) is 0 Å². The number of rotatable bonds is 1. The van der Waals surface area contributed by atoms with E-state index in [1.165, 1.54) is 25.7 Å². The molecule has 1 N–H and O–H groups in total. The zero-order chi connectivity index (χ0) is 14.2. The number of hydrogen-bond acceptors (Lipinski definition) is 2. The molecule has 1 fully saturated rings. The average molecular weight is 295 g/mol. The van der Waals surface area contributed by atoms with Crippen LogP contribution in [0.15, 0.2) is 18.2 Å². The van der Waals surface area contributed by atoms with Gasteiger partial charge >= 0.3 is 0 Å². The second kappa shape index (κ2) is 5.57. The van der Waals surface area contributed by atoms with Crippen molar-refractivity contribution in [1.82, 2.24) is 0 Å². The highest BCUT2D eigenvalue weighted by atomic mass is 35.5. The lowest BCUT2D eigenvalue weighted by Gasteiger charge is -2.40. The molecule has 0 radical (unpaired) electrons. The Hall–Kier alpha value is -0.730. The van der Waals surface area contributed by atoms with Crippen molar-refractivity contribution < 1.29 is 9.84 Å². The molecule has 1 aromatic carbocycles. The van der Waals surface area contributed by atoms with E-state index in [0.29, 0.717) is 11.4 Å². The molecule has 110 valence electrons. The van der Waals surface area contributed by atoms with E-state index in [1.54, 1.807) is 0 Å². The lowest BCUT2D eigenvalue weighted by molar-refractivity contribution is -0.0251. The minimum atomic E-state index is -0.448. The van der Waals surface area contributed by atoms with E-state index in [2.05, 4.69) is 6.92 Å². The maximum Gasteiger partial charge on any atom is 0.126 e. The van der Waals surface area contributed by atoms with Gasteiger partial charge in [-0.1, -0.05) is 31.4 Å². The van der Waals surface area contributed by atoms with E-state index in [9.17, 15) is 5.11 Å². The Balaban J connectivity index is 1.85. The maximum atomic E-state index is 10.5. The van der Waals surface area contributed by atoms with Gasteiger partial charge in [-0.3, -0.25) is 0 Å². The van der Waals surface area contributed by atoms with Crippen molar-refractivity contribution in [1.29, 1.82) is 0 Å². The molecule has 1 saturated carbocycles. The molecule has 3 unspecified atom stereocenters. The Labute approximate surface area is 126 Å². The summed E-state index contributed by atoms with van der Waals surface area (Å²) < 4.78 is 6.34. The van der Waals surface area contributed by atoms with Crippen LogP contribution >= 0.6 is 11.6 Å². The van der Waals surface area contributed by atoms with Crippen LogP contribution in [0.1, 0.15) is 63.5 Å². The zero-order valence-electron chi connectivity index (χ0n) is 12.1. The monoisotopic (exact) mass is 294 g/mol. The Bertz CT molecular complexity index is 488. The van der Waals surface area contributed by atoms with Gasteiger partial charge in [-0.25, -0.2) is 0 Å². The second-order valence-corrected chi connectivity index (χ2v) is 6.83. The summed E-state index contributed by atoms with van der Waals surface area (Å²) in [6.45, 7) is 2.27. The summed E-state index contributed by atoms with van der Waals surface area (Å²) in [5.41, 5.74) is 0.684. The van der Waals surface area contributed by atoms with Crippen molar-refractivity contribution in [3.8, 4) is 5.75 Å². The molecule has 0 amide bonds. The number of ether oxygens (including phenoxy) is 1. The van der Waals surface area contributed by atoms with Crippen molar-refractivity contribution in [2.75, 3.05) is 0 Å². The summed E-state index contributed by atoms with van der Waals surface area (Å²) in [5, 5.41) is 11.1. The molecule has 20 heavy (non-hydrogen) atoms. The fraction of sp³-hybridized carbons (Fsp3) is 0.647. The third-order valence-corrected chi connectivity index (χ3v) is 5.29. The molecular formula is C17H23ClO2. The minimum Gasteiger partial charge on any atom is -0.487 e. The molecule has 2 aliphatic rings. The first-order chi connectivity index (χ1) is 9.62. The molecule has 3 heteroatoms. The van der Waals surface area contributed by atoms with Crippen LogP contribution in [0.4, 0.5) is 0 Å². The van der Waals surface area contributed by atoms with Crippen LogP contribution in [0.5, 0.6) is 5.75 Å². The molecular weight excluding hydrogens is 272 g/mol. The third-order valence-electron chi connectivity index (χ3n) is 5.05. The fourth-order valence-electron chi connectivity index (χ4n) is 3.77. The molecule has 0 aromatic heterocycles. The van der Waals surface area contributed by atoms with Crippen molar-refractivity contribution >= 4 is 11.6 Å². The lowest BCUT2D eigenvalue weighted by Crippen LogP contribution is -2.40. The van der Waals surface area contributed by atoms with E-state index >= 15 is 0 Å². The second-order valence-electron chi connectivity index (χ2n) is 6.39. The highest BCUT2D eigenvalue weighted by Crippen LogP contribution is 2.47. The van der Waals surface area contributed by atoms with Gasteiger partial charge < -0.3 is 9.84 Å². The smallest absolute Gasteiger partial charge is 0.126 e. The molecule has 0 bridgehead atoms. The van der Waals surface area contributed by atoms with Crippen LogP contribution < -0.4 is 4.74 Å². The number of aliphatic hydroxyl groups is 1. The van der Waals surface area contributed by atoms with Gasteiger partial charge in [0.15, 0.2) is 0 Å². The van der Waals surface area contributed by atoms with Crippen molar-refractivity contribution in [3.63, 3.8) is 0 Å². The van der Waals surface area contributed by atoms with Crippen LogP contribution in [0.2, 0.25) is 5.02 Å². The SMILES string of the molecule is CCC1CCCC2(CC1)CC(O)c1cc(Cl)ccc1O2. The quantitative estimate of drug-likeness (QED) is 0.799. The highest BCUT2D eigenvalue weighted by molar-refractivity contribution is 6.30. The average Bonchev–Trinajstić information content (AvgIpc) is 2.62. The Morgan fingerprint density at radius 3 is 3.00 bits per heavy atom. The van der Waals surface area contributed by atoms with E-state index in [0.717, 1.165) is 30.1 Å². The van der Waals surface area contributed by atoms with Gasteiger partial charge in [-0.15, -0.1) is 0 Å². The van der Waals surface area contributed by atoms with Gasteiger partial charge in [0.25, 0.3) is 0 Å². The molecule has 1 aliphatic heterocycles. The predicted molar refractivity (Wildman–Crippen MR) is 81.3 cm³/mol. The van der Waals surface area contributed by atoms with Crippen LogP contribution in [0, 0.1) is 5.92 Å². The number of hydrogen-bond donors (Lipinski definition) is 1. The summed E-state index contributed by atoms with van der Waals surface area (Å²) in [4.78, 5) is 0. The van der Waals surface area contributed by atoms with E-state index < -0.39 is 6.10 Å². The summed E-state index contributed by atoms with van der Waals surface area (Å²) in [6, 6.07) is 5.58. The summed E-state index contributed by atoms with van der Waals surface area (Å²) in [6.07, 6.45) is 7.34. The lowest BCUT2D eigenvalue weighted by atomic mass is 9.83. The van der Waals surface area contributed by atoms with Crippen LogP contribution in [0.3, 0.4) is 0 Å². The number of benzene rings is 1. The number of halogens is 1. The Morgan fingerprint density at radius 1 is 1.35 bits per heavy atom. The van der Waals surface area contributed by atoms with Crippen molar-refractivity contribution in [2.24, 2.45) is 5.92 Å². The van der Waals surface area contributed by atoms with Gasteiger partial charge in [0.2, 0.25) is 0 Å². The van der Waals surface area contributed by atoms with Crippen LogP contribution in [-0.2, 0) is 0 Å². The summed E-state index contributed by atoms with van der Waals surface area (Å²) >= 11 is 6.02. The standard InChI is InChI=1S/C17H23ClO2/c1-2-12-4-3-8-17(9-7-12)11-15(19)14-10-13(18)5-6-16(14)20-17/h5-6,10,12,15,19H,2-4,7-9,11H2,1H3. The third kappa shape index (κ3) is 2.68. The van der Waals surface area contributed by atoms with Crippen molar-refractivity contribution in [2.45, 2.75) is 63.6 Å². The molecule has 1 spiro atoms. The van der Waals surface area contributed by atoms with Gasteiger partial charge in [-0.05, 0) is 49.8 Å². The normalized spacial score (nSPS) is 33.4. The highest BCUT2D eigenvalue weighted by Gasteiger charge is 2.41. The fourth-order valence-corrected chi connectivity index (χ4v) is 3.95. The topological polar surface area (TPSA) is 29.5 Å². The first kappa shape index (κ1) is 14.2. The summed E-state index contributed by atoms with van der Waals surface area (Å²) in [5.74, 6) is 1.64. The van der Waals surface area contributed by atoms with E-state index in [-0.39, 0.29) is 5.60 Å². The number of fused-ring (bicyclic) bond motifs is 1. The van der Waals surface area contributed by atoms with Crippen molar-refractivity contribution in [3.05, 3.63) is 28.8 Å². The van der Waals surface area contributed by atoms with E-state index in [4.69, 9.17) is 16.3 Å². The predicted octanol–water partition coefficient (Wildman–Crippen LogP) is 4.89. The molecule has 2 nitrogen and oxygen atoms in total. The van der Waals surface area contributed by atoms with Gasteiger partial charge in [0.1, 0.15) is 11.4 Å². The zero-order valence-corrected chi connectivity index (χ0v) is 12.8. The van der Waals surface area contributed by atoms with Gasteiger partial charge in [0, 0.05) is 17.0 Å². The van der Waals surface area contributed by atoms with E-state index in [1.807, 2.05) is 18.2 Å². The maximum absolute atomic E-state index is 10.5. The Kier molecular flexibility index (Phi) is 3.96. The largest absolute Gasteiger partial charge is 0.487 e. The van der Waals surface area contributed by atoms with Gasteiger partial charge in [-0.2, -0.15) is 0 Å². The van der Waals surface area contributed by atoms with Crippen LogP contribution in [-0.4, -0.2) is 10.7 Å².